The number of ether oxygens (including phenoxy) is 1. The van der Waals surface area contributed by atoms with Crippen molar-refractivity contribution in [3.63, 3.8) is 0 Å². The highest BCUT2D eigenvalue weighted by atomic mass is 32.2. The molecule has 0 spiro atoms. The average Bonchev–Trinajstić information content (AvgIpc) is 3.16. The summed E-state index contributed by atoms with van der Waals surface area (Å²) < 4.78 is 34.2. The molecular formula is C23H21N3O4S2. The lowest BCUT2D eigenvalue weighted by Crippen LogP contribution is -2.12. The summed E-state index contributed by atoms with van der Waals surface area (Å²) in [6.07, 6.45) is 0. The van der Waals surface area contributed by atoms with Crippen molar-refractivity contribution in [3.8, 4) is 5.75 Å². The van der Waals surface area contributed by atoms with E-state index in [2.05, 4.69) is 15.0 Å². The maximum atomic E-state index is 12.7. The molecule has 0 aliphatic carbocycles. The molecular weight excluding hydrogens is 446 g/mol. The Morgan fingerprint density at radius 3 is 2.44 bits per heavy atom. The Kier molecular flexibility index (Phi) is 6.11. The molecule has 2 N–H and O–H groups in total. The molecule has 0 aliphatic rings. The van der Waals surface area contributed by atoms with Crippen LogP contribution in [0.1, 0.15) is 22.8 Å². The molecule has 0 bridgehead atoms. The lowest BCUT2D eigenvalue weighted by Gasteiger charge is -2.09. The smallest absolute Gasteiger partial charge is 0.261 e. The zero-order valence-corrected chi connectivity index (χ0v) is 19.1. The van der Waals surface area contributed by atoms with E-state index in [1.165, 1.54) is 23.5 Å². The molecule has 164 valence electrons. The molecule has 32 heavy (non-hydrogen) atoms. The van der Waals surface area contributed by atoms with Gasteiger partial charge in [0.2, 0.25) is 0 Å². The largest absolute Gasteiger partial charge is 0.494 e. The molecule has 1 amide bonds. The Labute approximate surface area is 190 Å². The molecule has 0 fully saturated rings. The summed E-state index contributed by atoms with van der Waals surface area (Å²) in [6, 6.07) is 18.5. The Morgan fingerprint density at radius 1 is 1.03 bits per heavy atom. The first-order valence-corrected chi connectivity index (χ1v) is 12.2. The van der Waals surface area contributed by atoms with Crippen molar-refractivity contribution in [2.24, 2.45) is 0 Å². The van der Waals surface area contributed by atoms with Crippen molar-refractivity contribution >= 4 is 48.3 Å². The number of anilines is 2. The molecule has 1 heterocycles. The second-order valence-electron chi connectivity index (χ2n) is 7.03. The van der Waals surface area contributed by atoms with Crippen molar-refractivity contribution in [2.45, 2.75) is 18.7 Å². The van der Waals surface area contributed by atoms with Crippen LogP contribution in [0.2, 0.25) is 0 Å². The fourth-order valence-electron chi connectivity index (χ4n) is 3.01. The number of hydrogen-bond acceptors (Lipinski definition) is 6. The summed E-state index contributed by atoms with van der Waals surface area (Å²) >= 11 is 1.32. The van der Waals surface area contributed by atoms with E-state index >= 15 is 0 Å². The van der Waals surface area contributed by atoms with Gasteiger partial charge < -0.3 is 4.74 Å². The van der Waals surface area contributed by atoms with Gasteiger partial charge in [0.1, 0.15) is 5.75 Å². The van der Waals surface area contributed by atoms with Gasteiger partial charge in [0.05, 0.1) is 27.4 Å². The molecule has 9 heteroatoms. The third kappa shape index (κ3) is 4.90. The molecule has 0 saturated carbocycles. The predicted molar refractivity (Wildman–Crippen MR) is 127 cm³/mol. The van der Waals surface area contributed by atoms with Gasteiger partial charge in [-0.25, -0.2) is 13.4 Å². The first-order valence-electron chi connectivity index (χ1n) is 9.88. The molecule has 0 saturated heterocycles. The van der Waals surface area contributed by atoms with Crippen molar-refractivity contribution in [2.75, 3.05) is 16.6 Å². The second-order valence-corrected chi connectivity index (χ2v) is 9.74. The maximum absolute atomic E-state index is 12.7. The normalized spacial score (nSPS) is 11.3. The molecule has 4 rings (SSSR count). The highest BCUT2D eigenvalue weighted by Crippen LogP contribution is 2.29. The summed E-state index contributed by atoms with van der Waals surface area (Å²) in [5.74, 6) is 0.357. The molecule has 0 atom stereocenters. The van der Waals surface area contributed by atoms with Crippen LogP contribution in [0.15, 0.2) is 71.6 Å². The Morgan fingerprint density at radius 2 is 1.75 bits per heavy atom. The average molecular weight is 468 g/mol. The highest BCUT2D eigenvalue weighted by Gasteiger charge is 2.16. The minimum Gasteiger partial charge on any atom is -0.494 e. The molecule has 1 aromatic heterocycles. The van der Waals surface area contributed by atoms with Gasteiger partial charge in [0, 0.05) is 5.56 Å². The fraction of sp³-hybridized carbons (Fsp3) is 0.130. The number of sulfonamides is 1. The van der Waals surface area contributed by atoms with Gasteiger partial charge in [0.15, 0.2) is 5.13 Å². The number of aromatic nitrogens is 1. The van der Waals surface area contributed by atoms with Crippen LogP contribution in [0, 0.1) is 6.92 Å². The van der Waals surface area contributed by atoms with E-state index in [0.717, 1.165) is 10.3 Å². The van der Waals surface area contributed by atoms with Crippen LogP contribution < -0.4 is 14.8 Å². The van der Waals surface area contributed by atoms with Crippen molar-refractivity contribution in [1.82, 2.24) is 4.98 Å². The topological polar surface area (TPSA) is 97.4 Å². The predicted octanol–water partition coefficient (Wildman–Crippen LogP) is 5.06. The van der Waals surface area contributed by atoms with E-state index in [0.29, 0.717) is 34.3 Å². The molecule has 7 nitrogen and oxygen atoms in total. The SMILES string of the molecule is CCOc1ccc(S(=O)(=O)Nc2ccc3sc(NC(=O)c4ccc(C)cc4)nc3c2)cc1. The number of amides is 1. The summed E-state index contributed by atoms with van der Waals surface area (Å²) in [5, 5.41) is 3.24. The zero-order valence-electron chi connectivity index (χ0n) is 17.5. The molecule has 4 aromatic rings. The van der Waals surface area contributed by atoms with E-state index in [4.69, 9.17) is 4.74 Å². The van der Waals surface area contributed by atoms with Crippen LogP contribution >= 0.6 is 11.3 Å². The van der Waals surface area contributed by atoms with Crippen LogP contribution in [-0.4, -0.2) is 25.9 Å². The van der Waals surface area contributed by atoms with Crippen molar-refractivity contribution in [1.29, 1.82) is 0 Å². The number of benzene rings is 3. The van der Waals surface area contributed by atoms with Gasteiger partial charge in [-0.15, -0.1) is 0 Å². The molecule has 0 aliphatic heterocycles. The van der Waals surface area contributed by atoms with E-state index in [-0.39, 0.29) is 10.8 Å². The van der Waals surface area contributed by atoms with Gasteiger partial charge in [0.25, 0.3) is 15.9 Å². The van der Waals surface area contributed by atoms with Gasteiger partial charge >= 0.3 is 0 Å². The summed E-state index contributed by atoms with van der Waals surface area (Å²) in [4.78, 5) is 17.0. The number of hydrogen-bond donors (Lipinski definition) is 2. The van der Waals surface area contributed by atoms with E-state index in [1.807, 2.05) is 26.0 Å². The van der Waals surface area contributed by atoms with Crippen LogP contribution in [0.25, 0.3) is 10.2 Å². The maximum Gasteiger partial charge on any atom is 0.261 e. The summed E-state index contributed by atoms with van der Waals surface area (Å²) in [5.41, 5.74) is 2.58. The minimum absolute atomic E-state index is 0.130. The van der Waals surface area contributed by atoms with Gasteiger partial charge in [-0.2, -0.15) is 0 Å². The third-order valence-electron chi connectivity index (χ3n) is 4.62. The van der Waals surface area contributed by atoms with Crippen molar-refractivity contribution < 1.29 is 17.9 Å². The monoisotopic (exact) mass is 467 g/mol. The van der Waals surface area contributed by atoms with Crippen molar-refractivity contribution in [3.05, 3.63) is 77.9 Å². The standard InChI is InChI=1S/C23H21N3O4S2/c1-3-30-18-9-11-19(12-10-18)32(28,29)26-17-8-13-21-20(14-17)24-23(31-21)25-22(27)16-6-4-15(2)5-7-16/h4-14,26H,3H2,1-2H3,(H,24,25,27). The number of carbonyl (C=O) groups is 1. The Hall–Kier alpha value is -3.43. The van der Waals surface area contributed by atoms with E-state index in [1.54, 1.807) is 42.5 Å². The third-order valence-corrected chi connectivity index (χ3v) is 6.97. The molecule has 0 unspecified atom stereocenters. The van der Waals surface area contributed by atoms with Crippen LogP contribution in [0.5, 0.6) is 5.75 Å². The van der Waals surface area contributed by atoms with Crippen LogP contribution in [0.4, 0.5) is 10.8 Å². The Balaban J connectivity index is 1.51. The zero-order chi connectivity index (χ0) is 22.7. The number of carbonyl (C=O) groups excluding carboxylic acids is 1. The summed E-state index contributed by atoms with van der Waals surface area (Å²) in [7, 11) is -3.77. The number of nitrogens with one attached hydrogen (secondary N) is 2. The summed E-state index contributed by atoms with van der Waals surface area (Å²) in [6.45, 7) is 4.32. The fourth-order valence-corrected chi connectivity index (χ4v) is 4.91. The first-order chi connectivity index (χ1) is 15.3. The number of nitrogens with zero attached hydrogens (tertiary/aromatic N) is 1. The van der Waals surface area contributed by atoms with Gasteiger partial charge in [-0.3, -0.25) is 14.8 Å². The lowest BCUT2D eigenvalue weighted by molar-refractivity contribution is 0.102. The lowest BCUT2D eigenvalue weighted by atomic mass is 10.1. The minimum atomic E-state index is -3.77. The van der Waals surface area contributed by atoms with Crippen LogP contribution in [-0.2, 0) is 10.0 Å². The first kappa shape index (κ1) is 21.8. The van der Waals surface area contributed by atoms with Gasteiger partial charge in [-0.05, 0) is 68.4 Å². The number of fused-ring (bicyclic) bond motifs is 1. The molecule has 0 radical (unpaired) electrons. The van der Waals surface area contributed by atoms with E-state index < -0.39 is 10.0 Å². The Bertz CT molecular complexity index is 1360. The highest BCUT2D eigenvalue weighted by molar-refractivity contribution is 7.92. The van der Waals surface area contributed by atoms with E-state index in [9.17, 15) is 13.2 Å². The number of rotatable bonds is 7. The number of aryl methyl sites for hydroxylation is 1. The van der Waals surface area contributed by atoms with Gasteiger partial charge in [-0.1, -0.05) is 29.0 Å². The van der Waals surface area contributed by atoms with Crippen LogP contribution in [0.3, 0.4) is 0 Å². The molecule has 3 aromatic carbocycles. The number of thiazole rings is 1. The quantitative estimate of drug-likeness (QED) is 0.396. The second kappa shape index (κ2) is 8.97.